The number of pyridine rings is 1. The summed E-state index contributed by atoms with van der Waals surface area (Å²) >= 11 is 0. The molecule has 1 fully saturated rings. The first-order valence-corrected chi connectivity index (χ1v) is 4.56. The second-order valence-electron chi connectivity index (χ2n) is 3.75. The van der Waals surface area contributed by atoms with Crippen LogP contribution >= 0.6 is 0 Å². The maximum atomic E-state index is 9.11. The first-order valence-electron chi connectivity index (χ1n) is 4.56. The van der Waals surface area contributed by atoms with Gasteiger partial charge in [0, 0.05) is 17.6 Å². The zero-order valence-electron chi connectivity index (χ0n) is 7.75. The Morgan fingerprint density at radius 1 is 1.62 bits per heavy atom. The number of aryl methyl sites for hydroxylation is 1. The van der Waals surface area contributed by atoms with E-state index in [4.69, 9.17) is 5.11 Å². The molecule has 0 bridgehead atoms. The van der Waals surface area contributed by atoms with E-state index in [9.17, 15) is 0 Å². The van der Waals surface area contributed by atoms with Gasteiger partial charge in [0.1, 0.15) is 0 Å². The van der Waals surface area contributed by atoms with Crippen molar-refractivity contribution >= 4 is 5.69 Å². The zero-order valence-corrected chi connectivity index (χ0v) is 7.75. The molecule has 0 spiro atoms. The van der Waals surface area contributed by atoms with Crippen LogP contribution in [0.3, 0.4) is 0 Å². The first-order chi connectivity index (χ1) is 6.24. The summed E-state index contributed by atoms with van der Waals surface area (Å²) < 4.78 is 0. The molecule has 2 N–H and O–H groups in total. The predicted octanol–water partition coefficient (Wildman–Crippen LogP) is 1.33. The molecule has 13 heavy (non-hydrogen) atoms. The van der Waals surface area contributed by atoms with Gasteiger partial charge in [0.15, 0.2) is 0 Å². The van der Waals surface area contributed by atoms with Crippen molar-refractivity contribution in [2.75, 3.05) is 11.9 Å². The minimum atomic E-state index is -0.0339. The predicted molar refractivity (Wildman–Crippen MR) is 51.6 cm³/mol. The minimum Gasteiger partial charge on any atom is -0.394 e. The van der Waals surface area contributed by atoms with E-state index in [0.717, 1.165) is 24.2 Å². The molecule has 0 saturated heterocycles. The van der Waals surface area contributed by atoms with E-state index in [1.165, 1.54) is 0 Å². The Hall–Kier alpha value is -1.09. The van der Waals surface area contributed by atoms with Crippen molar-refractivity contribution in [2.24, 2.45) is 0 Å². The highest BCUT2D eigenvalue weighted by molar-refractivity contribution is 5.47. The van der Waals surface area contributed by atoms with Crippen LogP contribution in [0.5, 0.6) is 0 Å². The quantitative estimate of drug-likeness (QED) is 0.734. The fourth-order valence-corrected chi connectivity index (χ4v) is 1.40. The second-order valence-corrected chi connectivity index (χ2v) is 3.75. The SMILES string of the molecule is Cc1cc(NC2(CO)CC2)ccn1. The van der Waals surface area contributed by atoms with Crippen LogP contribution in [0, 0.1) is 6.92 Å². The van der Waals surface area contributed by atoms with Crippen LogP contribution in [0.1, 0.15) is 18.5 Å². The van der Waals surface area contributed by atoms with Crippen molar-refractivity contribution < 1.29 is 5.11 Å². The summed E-state index contributed by atoms with van der Waals surface area (Å²) in [6, 6.07) is 3.93. The molecule has 1 aliphatic rings. The van der Waals surface area contributed by atoms with Crippen molar-refractivity contribution in [3.63, 3.8) is 0 Å². The van der Waals surface area contributed by atoms with Crippen LogP contribution in [-0.4, -0.2) is 22.2 Å². The summed E-state index contributed by atoms with van der Waals surface area (Å²) in [5.41, 5.74) is 2.02. The highest BCUT2D eigenvalue weighted by Crippen LogP contribution is 2.38. The molecule has 0 radical (unpaired) electrons. The van der Waals surface area contributed by atoms with Gasteiger partial charge in [0.05, 0.1) is 12.1 Å². The molecule has 3 nitrogen and oxygen atoms in total. The normalized spacial score (nSPS) is 18.3. The van der Waals surface area contributed by atoms with Gasteiger partial charge < -0.3 is 10.4 Å². The smallest absolute Gasteiger partial charge is 0.0661 e. The summed E-state index contributed by atoms with van der Waals surface area (Å²) in [6.07, 6.45) is 3.90. The van der Waals surface area contributed by atoms with Gasteiger partial charge in [0.25, 0.3) is 0 Å². The van der Waals surface area contributed by atoms with Crippen molar-refractivity contribution in [1.82, 2.24) is 4.98 Å². The molecule has 3 heteroatoms. The monoisotopic (exact) mass is 178 g/mol. The Labute approximate surface area is 77.8 Å². The van der Waals surface area contributed by atoms with Crippen molar-refractivity contribution in [3.05, 3.63) is 24.0 Å². The van der Waals surface area contributed by atoms with E-state index in [2.05, 4.69) is 10.3 Å². The molecular formula is C10H14N2O. The summed E-state index contributed by atoms with van der Waals surface area (Å²) in [4.78, 5) is 4.11. The molecule has 1 heterocycles. The first kappa shape index (κ1) is 8.51. The average molecular weight is 178 g/mol. The molecule has 70 valence electrons. The topological polar surface area (TPSA) is 45.1 Å². The van der Waals surface area contributed by atoms with Gasteiger partial charge >= 0.3 is 0 Å². The lowest BCUT2D eigenvalue weighted by Crippen LogP contribution is -2.25. The van der Waals surface area contributed by atoms with Gasteiger partial charge in [-0.15, -0.1) is 0 Å². The van der Waals surface area contributed by atoms with Gasteiger partial charge in [-0.05, 0) is 31.9 Å². The third kappa shape index (κ3) is 1.80. The Morgan fingerprint density at radius 3 is 2.92 bits per heavy atom. The molecule has 0 unspecified atom stereocenters. The van der Waals surface area contributed by atoms with E-state index in [1.54, 1.807) is 6.20 Å². The molecule has 0 amide bonds. The Kier molecular flexibility index (Phi) is 1.96. The number of aliphatic hydroxyl groups excluding tert-OH is 1. The van der Waals surface area contributed by atoms with E-state index in [1.807, 2.05) is 19.1 Å². The Balaban J connectivity index is 2.09. The number of aromatic nitrogens is 1. The van der Waals surface area contributed by atoms with Gasteiger partial charge in [-0.25, -0.2) is 0 Å². The number of anilines is 1. The van der Waals surface area contributed by atoms with Crippen molar-refractivity contribution in [1.29, 1.82) is 0 Å². The fourth-order valence-electron chi connectivity index (χ4n) is 1.40. The molecule has 2 rings (SSSR count). The van der Waals surface area contributed by atoms with Crippen LogP contribution < -0.4 is 5.32 Å². The largest absolute Gasteiger partial charge is 0.394 e. The number of hydrogen-bond donors (Lipinski definition) is 2. The van der Waals surface area contributed by atoms with Gasteiger partial charge in [-0.1, -0.05) is 0 Å². The lowest BCUT2D eigenvalue weighted by Gasteiger charge is -2.15. The highest BCUT2D eigenvalue weighted by atomic mass is 16.3. The Morgan fingerprint density at radius 2 is 2.38 bits per heavy atom. The van der Waals surface area contributed by atoms with Crippen LogP contribution in [-0.2, 0) is 0 Å². The van der Waals surface area contributed by atoms with Crippen molar-refractivity contribution in [3.8, 4) is 0 Å². The molecule has 1 aromatic heterocycles. The summed E-state index contributed by atoms with van der Waals surface area (Å²) in [5, 5.41) is 12.4. The summed E-state index contributed by atoms with van der Waals surface area (Å²) in [6.45, 7) is 2.18. The average Bonchev–Trinajstić information content (AvgIpc) is 2.86. The van der Waals surface area contributed by atoms with Gasteiger partial charge in [-0.2, -0.15) is 0 Å². The lowest BCUT2D eigenvalue weighted by atomic mass is 10.2. The van der Waals surface area contributed by atoms with Gasteiger partial charge in [0.2, 0.25) is 0 Å². The maximum absolute atomic E-state index is 9.11. The van der Waals surface area contributed by atoms with E-state index in [0.29, 0.717) is 0 Å². The van der Waals surface area contributed by atoms with E-state index >= 15 is 0 Å². The fraction of sp³-hybridized carbons (Fsp3) is 0.500. The molecule has 1 aliphatic carbocycles. The lowest BCUT2D eigenvalue weighted by molar-refractivity contribution is 0.266. The number of hydrogen-bond acceptors (Lipinski definition) is 3. The molecule has 1 saturated carbocycles. The van der Waals surface area contributed by atoms with Crippen LogP contribution in [0.15, 0.2) is 18.3 Å². The van der Waals surface area contributed by atoms with Gasteiger partial charge in [-0.3, -0.25) is 4.98 Å². The van der Waals surface area contributed by atoms with Crippen LogP contribution in [0.4, 0.5) is 5.69 Å². The van der Waals surface area contributed by atoms with E-state index in [-0.39, 0.29) is 12.1 Å². The van der Waals surface area contributed by atoms with Crippen molar-refractivity contribution in [2.45, 2.75) is 25.3 Å². The molecule has 0 aliphatic heterocycles. The summed E-state index contributed by atoms with van der Waals surface area (Å²) in [5.74, 6) is 0. The number of nitrogens with zero attached hydrogens (tertiary/aromatic N) is 1. The van der Waals surface area contributed by atoms with Crippen LogP contribution in [0.25, 0.3) is 0 Å². The summed E-state index contributed by atoms with van der Waals surface area (Å²) in [7, 11) is 0. The standard InChI is InChI=1S/C10H14N2O/c1-8-6-9(2-5-11-8)12-10(7-13)3-4-10/h2,5-6,13H,3-4,7H2,1H3,(H,11,12). The minimum absolute atomic E-state index is 0.0339. The number of nitrogens with one attached hydrogen (secondary N) is 1. The second kappa shape index (κ2) is 3.00. The third-order valence-corrected chi connectivity index (χ3v) is 2.46. The molecule has 0 aromatic carbocycles. The third-order valence-electron chi connectivity index (χ3n) is 2.46. The number of rotatable bonds is 3. The van der Waals surface area contributed by atoms with Crippen LogP contribution in [0.2, 0.25) is 0 Å². The molecular weight excluding hydrogens is 164 g/mol. The molecule has 0 atom stereocenters. The Bertz CT molecular complexity index is 308. The zero-order chi connectivity index (χ0) is 9.31. The maximum Gasteiger partial charge on any atom is 0.0661 e. The highest BCUT2D eigenvalue weighted by Gasteiger charge is 2.41. The van der Waals surface area contributed by atoms with E-state index < -0.39 is 0 Å². The molecule has 1 aromatic rings. The number of aliphatic hydroxyl groups is 1.